The van der Waals surface area contributed by atoms with Crippen molar-refractivity contribution in [2.24, 2.45) is 11.8 Å². The fourth-order valence-electron chi connectivity index (χ4n) is 4.85. The van der Waals surface area contributed by atoms with E-state index in [1.54, 1.807) is 7.11 Å². The highest BCUT2D eigenvalue weighted by Crippen LogP contribution is 2.29. The van der Waals surface area contributed by atoms with Gasteiger partial charge in [-0.15, -0.1) is 0 Å². The third-order valence-corrected chi connectivity index (χ3v) is 6.83. The van der Waals surface area contributed by atoms with Gasteiger partial charge in [0.1, 0.15) is 11.6 Å². The van der Waals surface area contributed by atoms with Crippen molar-refractivity contribution in [2.45, 2.75) is 25.7 Å². The van der Waals surface area contributed by atoms with E-state index >= 15 is 0 Å². The molecular formula is C28H29F3N2O2. The number of fused-ring (bicyclic) bond motifs is 1. The van der Waals surface area contributed by atoms with E-state index in [9.17, 15) is 18.3 Å². The minimum absolute atomic E-state index is 0.0805. The number of rotatable bonds is 7. The summed E-state index contributed by atoms with van der Waals surface area (Å²) in [5, 5.41) is 11.1. The van der Waals surface area contributed by atoms with E-state index in [0.717, 1.165) is 61.0 Å². The van der Waals surface area contributed by atoms with E-state index in [1.165, 1.54) is 5.56 Å². The monoisotopic (exact) mass is 482 g/mol. The molecule has 0 bridgehead atoms. The Balaban J connectivity index is 1.32. The lowest BCUT2D eigenvalue weighted by Gasteiger charge is -2.37. The summed E-state index contributed by atoms with van der Waals surface area (Å²) in [4.78, 5) is 6.51. The minimum atomic E-state index is -1.26. The van der Waals surface area contributed by atoms with Crippen LogP contribution < -0.4 is 4.74 Å². The van der Waals surface area contributed by atoms with Crippen molar-refractivity contribution in [1.29, 1.82) is 0 Å². The molecule has 1 fully saturated rings. The molecule has 0 saturated carbocycles. The molecule has 0 amide bonds. The summed E-state index contributed by atoms with van der Waals surface area (Å²) in [5.74, 6) is 3.26. The van der Waals surface area contributed by atoms with Crippen molar-refractivity contribution >= 4 is 10.9 Å². The molecule has 35 heavy (non-hydrogen) atoms. The lowest BCUT2D eigenvalue weighted by Crippen LogP contribution is -2.42. The highest BCUT2D eigenvalue weighted by Gasteiger charge is 2.28. The third-order valence-electron chi connectivity index (χ3n) is 6.83. The summed E-state index contributed by atoms with van der Waals surface area (Å²) in [6.45, 7) is 1.85. The van der Waals surface area contributed by atoms with Crippen LogP contribution in [0.1, 0.15) is 30.4 Å². The molecule has 0 radical (unpaired) electrons. The fourth-order valence-corrected chi connectivity index (χ4v) is 4.85. The summed E-state index contributed by atoms with van der Waals surface area (Å²) in [5.41, 5.74) is 1.64. The molecule has 2 aromatic carbocycles. The first-order chi connectivity index (χ1) is 17.0. The van der Waals surface area contributed by atoms with E-state index in [2.05, 4.69) is 27.8 Å². The predicted octanol–water partition coefficient (Wildman–Crippen LogP) is 4.97. The average molecular weight is 483 g/mol. The lowest BCUT2D eigenvalue weighted by molar-refractivity contribution is 0.0748. The van der Waals surface area contributed by atoms with Crippen LogP contribution in [0.25, 0.3) is 10.9 Å². The van der Waals surface area contributed by atoms with Crippen molar-refractivity contribution in [1.82, 2.24) is 9.88 Å². The molecule has 2 unspecified atom stereocenters. The van der Waals surface area contributed by atoms with Gasteiger partial charge in [-0.05, 0) is 86.0 Å². The van der Waals surface area contributed by atoms with Crippen LogP contribution in [0.2, 0.25) is 0 Å². The summed E-state index contributed by atoms with van der Waals surface area (Å²) in [6, 6.07) is 9.58. The summed E-state index contributed by atoms with van der Waals surface area (Å²) in [7, 11) is 1.65. The molecule has 3 aromatic rings. The first-order valence-corrected chi connectivity index (χ1v) is 11.9. The number of pyridine rings is 1. The number of nitrogens with zero attached hydrogens (tertiary/aromatic N) is 2. The van der Waals surface area contributed by atoms with Gasteiger partial charge in [-0.25, -0.2) is 13.2 Å². The molecule has 0 aliphatic carbocycles. The number of hydrogen-bond acceptors (Lipinski definition) is 4. The molecule has 1 saturated heterocycles. The first kappa shape index (κ1) is 25.0. The number of likely N-dealkylation sites (tertiary alicyclic amines) is 1. The Hall–Kier alpha value is -3.08. The van der Waals surface area contributed by atoms with Crippen LogP contribution in [-0.4, -0.2) is 48.3 Å². The van der Waals surface area contributed by atoms with Gasteiger partial charge >= 0.3 is 0 Å². The summed E-state index contributed by atoms with van der Waals surface area (Å²) >= 11 is 0. The molecule has 2 atom stereocenters. The number of aliphatic hydroxyl groups is 1. The second kappa shape index (κ2) is 11.6. The van der Waals surface area contributed by atoms with E-state index in [4.69, 9.17) is 4.74 Å². The molecule has 2 heterocycles. The Bertz CT molecular complexity index is 1240. The molecule has 1 aliphatic rings. The van der Waals surface area contributed by atoms with Gasteiger partial charge in [0.25, 0.3) is 0 Å². The van der Waals surface area contributed by atoms with Crippen LogP contribution in [0.3, 0.4) is 0 Å². The maximum Gasteiger partial charge on any atom is 0.177 e. The van der Waals surface area contributed by atoms with Crippen molar-refractivity contribution in [3.05, 3.63) is 71.2 Å². The fraction of sp³-hybridized carbons (Fsp3) is 0.393. The number of aliphatic hydroxyl groups excluding tert-OH is 1. The quantitative estimate of drug-likeness (QED) is 0.382. The summed E-state index contributed by atoms with van der Waals surface area (Å²) < 4.78 is 46.3. The van der Waals surface area contributed by atoms with E-state index in [-0.39, 0.29) is 12.5 Å². The van der Waals surface area contributed by atoms with Crippen molar-refractivity contribution in [3.8, 4) is 17.6 Å². The van der Waals surface area contributed by atoms with Gasteiger partial charge in [0, 0.05) is 24.7 Å². The van der Waals surface area contributed by atoms with Crippen molar-refractivity contribution in [3.63, 3.8) is 0 Å². The van der Waals surface area contributed by atoms with Gasteiger partial charge in [-0.3, -0.25) is 9.88 Å². The highest BCUT2D eigenvalue weighted by atomic mass is 19.2. The van der Waals surface area contributed by atoms with Gasteiger partial charge < -0.3 is 9.84 Å². The van der Waals surface area contributed by atoms with Crippen molar-refractivity contribution < 1.29 is 23.0 Å². The number of benzene rings is 2. The normalized spacial score (nSPS) is 18.3. The zero-order valence-electron chi connectivity index (χ0n) is 19.7. The molecule has 0 spiro atoms. The van der Waals surface area contributed by atoms with E-state index < -0.39 is 23.0 Å². The molecule has 1 aliphatic heterocycles. The molecule has 7 heteroatoms. The van der Waals surface area contributed by atoms with Gasteiger partial charge in [-0.1, -0.05) is 11.8 Å². The van der Waals surface area contributed by atoms with Gasteiger partial charge in [-0.2, -0.15) is 0 Å². The number of aryl methyl sites for hydroxylation is 1. The van der Waals surface area contributed by atoms with Crippen LogP contribution in [0.4, 0.5) is 13.2 Å². The standard InChI is InChI=1S/C28H29F3N2O2/c1-35-22-7-10-27-24(16-22)20(11-13-32-27)5-2-4-19-12-15-33(17-21(19)18-34)14-3-6-23-25(29)8-9-26(30)28(23)31/h7-11,13,16,19,21,34H,2,4-5,12,14-15,17-18H2,1H3. The SMILES string of the molecule is COc1ccc2nccc(CCCC3CCN(CC#Cc4c(F)ccc(F)c4F)CC3CO)c2c1. The Morgan fingerprint density at radius 3 is 2.74 bits per heavy atom. The van der Waals surface area contributed by atoms with Gasteiger partial charge in [0.15, 0.2) is 11.6 Å². The van der Waals surface area contributed by atoms with Crippen LogP contribution in [0, 0.1) is 41.1 Å². The number of methoxy groups -OCH3 is 1. The zero-order valence-corrected chi connectivity index (χ0v) is 19.7. The predicted molar refractivity (Wildman–Crippen MR) is 130 cm³/mol. The largest absolute Gasteiger partial charge is 0.497 e. The third kappa shape index (κ3) is 5.95. The zero-order chi connectivity index (χ0) is 24.8. The molecule has 1 aromatic heterocycles. The number of aromatic nitrogens is 1. The topological polar surface area (TPSA) is 45.6 Å². The Kier molecular flexibility index (Phi) is 8.27. The second-order valence-corrected chi connectivity index (χ2v) is 8.99. The van der Waals surface area contributed by atoms with Crippen LogP contribution in [0.5, 0.6) is 5.75 Å². The second-order valence-electron chi connectivity index (χ2n) is 8.99. The van der Waals surface area contributed by atoms with Gasteiger partial charge in [0.2, 0.25) is 0 Å². The molecular weight excluding hydrogens is 453 g/mol. The maximum absolute atomic E-state index is 13.8. The smallest absolute Gasteiger partial charge is 0.177 e. The Morgan fingerprint density at radius 2 is 1.94 bits per heavy atom. The van der Waals surface area contributed by atoms with Crippen molar-refractivity contribution in [2.75, 3.05) is 33.4 Å². The minimum Gasteiger partial charge on any atom is -0.497 e. The Labute approximate surface area is 203 Å². The lowest BCUT2D eigenvalue weighted by atomic mass is 9.82. The number of ether oxygens (including phenoxy) is 1. The van der Waals surface area contributed by atoms with E-state index in [0.29, 0.717) is 19.0 Å². The molecule has 4 rings (SSSR count). The Morgan fingerprint density at radius 1 is 1.11 bits per heavy atom. The van der Waals surface area contributed by atoms with Crippen LogP contribution >= 0.6 is 0 Å². The first-order valence-electron chi connectivity index (χ1n) is 11.9. The number of halogens is 3. The highest BCUT2D eigenvalue weighted by molar-refractivity contribution is 5.83. The molecule has 1 N–H and O–H groups in total. The van der Waals surface area contributed by atoms with E-state index in [1.807, 2.05) is 24.4 Å². The maximum atomic E-state index is 13.8. The number of piperidine rings is 1. The molecule has 184 valence electrons. The van der Waals surface area contributed by atoms with Crippen LogP contribution in [-0.2, 0) is 6.42 Å². The average Bonchev–Trinajstić information content (AvgIpc) is 2.88. The molecule has 4 nitrogen and oxygen atoms in total. The summed E-state index contributed by atoms with van der Waals surface area (Å²) in [6.07, 6.45) is 5.66. The van der Waals surface area contributed by atoms with Gasteiger partial charge in [0.05, 0.1) is 24.7 Å². The van der Waals surface area contributed by atoms with Crippen LogP contribution in [0.15, 0.2) is 42.6 Å². The number of hydrogen-bond donors (Lipinski definition) is 1.